The fraction of sp³-hybridized carbons (Fsp3) is 0.833. The molecule has 2 fully saturated rings. The summed E-state index contributed by atoms with van der Waals surface area (Å²) in [6, 6.07) is 0. The van der Waals surface area contributed by atoms with Crippen molar-refractivity contribution in [1.82, 2.24) is 15.5 Å². The van der Waals surface area contributed by atoms with Gasteiger partial charge in [0.15, 0.2) is 0 Å². The van der Waals surface area contributed by atoms with E-state index in [0.717, 1.165) is 31.7 Å². The number of nitrogens with one attached hydrogen (secondary N) is 2. The average Bonchev–Trinajstić information content (AvgIpc) is 2.75. The third kappa shape index (κ3) is 3.88. The minimum absolute atomic E-state index is 0.371. The lowest BCUT2D eigenvalue weighted by Gasteiger charge is -2.19. The van der Waals surface area contributed by atoms with Crippen LogP contribution < -0.4 is 10.6 Å². The molecular weight excluding hydrogens is 250 g/mol. The molecular formula is C12H21N3O2S. The van der Waals surface area contributed by atoms with Crippen LogP contribution in [0.15, 0.2) is 0 Å². The standard InChI is InChI=1S/C12H21N3O2S/c16-11(14-8-10-2-7-18-9-10)12(17)15-5-1-3-13-4-6-15/h10,13H,1-9H2,(H,14,16). The van der Waals surface area contributed by atoms with Crippen molar-refractivity contribution in [1.29, 1.82) is 0 Å². The van der Waals surface area contributed by atoms with Crippen LogP contribution in [0.5, 0.6) is 0 Å². The zero-order valence-electron chi connectivity index (χ0n) is 10.6. The van der Waals surface area contributed by atoms with Gasteiger partial charge in [-0.1, -0.05) is 0 Å². The van der Waals surface area contributed by atoms with E-state index in [0.29, 0.717) is 25.6 Å². The van der Waals surface area contributed by atoms with Gasteiger partial charge in [-0.3, -0.25) is 9.59 Å². The third-order valence-electron chi connectivity index (χ3n) is 3.40. The van der Waals surface area contributed by atoms with Crippen LogP contribution in [-0.4, -0.2) is 60.9 Å². The first-order chi connectivity index (χ1) is 8.77. The summed E-state index contributed by atoms with van der Waals surface area (Å²) in [5.74, 6) is 2.00. The van der Waals surface area contributed by atoms with Crippen LogP contribution in [0.2, 0.25) is 0 Å². The first-order valence-corrected chi connectivity index (χ1v) is 7.78. The van der Waals surface area contributed by atoms with Crippen LogP contribution in [-0.2, 0) is 9.59 Å². The highest BCUT2D eigenvalue weighted by Gasteiger charge is 2.23. The minimum atomic E-state index is -0.436. The molecule has 0 spiro atoms. The number of carbonyl (C=O) groups is 2. The number of nitrogens with zero attached hydrogens (tertiary/aromatic N) is 1. The first-order valence-electron chi connectivity index (χ1n) is 6.63. The molecule has 2 rings (SSSR count). The summed E-state index contributed by atoms with van der Waals surface area (Å²) in [6.45, 7) is 3.65. The van der Waals surface area contributed by atoms with E-state index in [9.17, 15) is 9.59 Å². The van der Waals surface area contributed by atoms with Crippen LogP contribution in [0.4, 0.5) is 0 Å². The summed E-state index contributed by atoms with van der Waals surface area (Å²) in [7, 11) is 0. The van der Waals surface area contributed by atoms with Gasteiger partial charge in [-0.25, -0.2) is 0 Å². The van der Waals surface area contributed by atoms with Crippen LogP contribution >= 0.6 is 11.8 Å². The summed E-state index contributed by atoms with van der Waals surface area (Å²) >= 11 is 1.92. The van der Waals surface area contributed by atoms with Gasteiger partial charge in [0.05, 0.1) is 0 Å². The zero-order chi connectivity index (χ0) is 12.8. The number of carbonyl (C=O) groups excluding carboxylic acids is 2. The van der Waals surface area contributed by atoms with Crippen LogP contribution in [0.1, 0.15) is 12.8 Å². The minimum Gasteiger partial charge on any atom is -0.348 e. The van der Waals surface area contributed by atoms with E-state index in [4.69, 9.17) is 0 Å². The molecule has 0 aliphatic carbocycles. The van der Waals surface area contributed by atoms with Gasteiger partial charge in [0.2, 0.25) is 0 Å². The lowest BCUT2D eigenvalue weighted by atomic mass is 10.1. The Hall–Kier alpha value is -0.750. The quantitative estimate of drug-likeness (QED) is 0.676. The van der Waals surface area contributed by atoms with Crippen molar-refractivity contribution in [3.8, 4) is 0 Å². The van der Waals surface area contributed by atoms with Gasteiger partial charge in [0, 0.05) is 26.2 Å². The Balaban J connectivity index is 1.74. The highest BCUT2D eigenvalue weighted by atomic mass is 32.2. The molecule has 2 saturated heterocycles. The maximum Gasteiger partial charge on any atom is 0.311 e. The second-order valence-electron chi connectivity index (χ2n) is 4.84. The summed E-state index contributed by atoms with van der Waals surface area (Å²) in [4.78, 5) is 25.4. The Bertz CT molecular complexity index is 298. The second-order valence-corrected chi connectivity index (χ2v) is 5.99. The molecule has 1 atom stereocenters. The van der Waals surface area contributed by atoms with E-state index in [1.807, 2.05) is 11.8 Å². The topological polar surface area (TPSA) is 61.4 Å². The molecule has 2 heterocycles. The Kier molecular flexibility index (Phi) is 5.31. The number of rotatable bonds is 2. The Morgan fingerprint density at radius 3 is 3.00 bits per heavy atom. The fourth-order valence-electron chi connectivity index (χ4n) is 2.25. The normalized spacial score (nSPS) is 24.7. The zero-order valence-corrected chi connectivity index (χ0v) is 11.4. The summed E-state index contributed by atoms with van der Waals surface area (Å²) in [6.07, 6.45) is 2.06. The summed E-state index contributed by atoms with van der Waals surface area (Å²) < 4.78 is 0. The van der Waals surface area contributed by atoms with Crippen molar-refractivity contribution in [3.63, 3.8) is 0 Å². The van der Waals surface area contributed by atoms with Gasteiger partial charge in [-0.15, -0.1) is 0 Å². The summed E-state index contributed by atoms with van der Waals surface area (Å²) in [5, 5.41) is 6.00. The van der Waals surface area contributed by atoms with Crippen LogP contribution in [0.25, 0.3) is 0 Å². The molecule has 5 nitrogen and oxygen atoms in total. The third-order valence-corrected chi connectivity index (χ3v) is 4.63. The molecule has 0 aromatic rings. The highest BCUT2D eigenvalue weighted by Crippen LogP contribution is 2.22. The van der Waals surface area contributed by atoms with E-state index >= 15 is 0 Å². The number of hydrogen-bond acceptors (Lipinski definition) is 4. The molecule has 1 unspecified atom stereocenters. The molecule has 18 heavy (non-hydrogen) atoms. The number of thioether (sulfide) groups is 1. The van der Waals surface area contributed by atoms with E-state index < -0.39 is 5.91 Å². The van der Waals surface area contributed by atoms with Crippen LogP contribution in [0.3, 0.4) is 0 Å². The monoisotopic (exact) mass is 271 g/mol. The van der Waals surface area contributed by atoms with Crippen molar-refractivity contribution in [2.45, 2.75) is 12.8 Å². The summed E-state index contributed by atoms with van der Waals surface area (Å²) in [5.41, 5.74) is 0. The van der Waals surface area contributed by atoms with E-state index in [1.165, 1.54) is 5.75 Å². The predicted octanol–water partition coefficient (Wildman–Crippen LogP) is -0.322. The number of hydrogen-bond donors (Lipinski definition) is 2. The van der Waals surface area contributed by atoms with E-state index in [2.05, 4.69) is 10.6 Å². The molecule has 102 valence electrons. The molecule has 0 aromatic heterocycles. The largest absolute Gasteiger partial charge is 0.348 e. The molecule has 0 saturated carbocycles. The highest BCUT2D eigenvalue weighted by molar-refractivity contribution is 7.99. The van der Waals surface area contributed by atoms with Crippen molar-refractivity contribution in [2.75, 3.05) is 44.2 Å². The maximum absolute atomic E-state index is 11.9. The SMILES string of the molecule is O=C(NCC1CCSC1)C(=O)N1CCCNCC1. The second kappa shape index (κ2) is 6.99. The Morgan fingerprint density at radius 1 is 1.33 bits per heavy atom. The van der Waals surface area contributed by atoms with Gasteiger partial charge in [-0.2, -0.15) is 11.8 Å². The number of amides is 2. The lowest BCUT2D eigenvalue weighted by molar-refractivity contribution is -0.145. The van der Waals surface area contributed by atoms with Crippen molar-refractivity contribution in [3.05, 3.63) is 0 Å². The molecule has 0 aromatic carbocycles. The lowest BCUT2D eigenvalue weighted by Crippen LogP contribution is -2.45. The molecule has 0 radical (unpaired) electrons. The van der Waals surface area contributed by atoms with Gasteiger partial charge >= 0.3 is 11.8 Å². The van der Waals surface area contributed by atoms with Crippen molar-refractivity contribution in [2.24, 2.45) is 5.92 Å². The average molecular weight is 271 g/mol. The van der Waals surface area contributed by atoms with Gasteiger partial charge < -0.3 is 15.5 Å². The fourth-order valence-corrected chi connectivity index (χ4v) is 3.53. The van der Waals surface area contributed by atoms with E-state index in [1.54, 1.807) is 4.90 Å². The Morgan fingerprint density at radius 2 is 2.22 bits per heavy atom. The van der Waals surface area contributed by atoms with Gasteiger partial charge in [-0.05, 0) is 36.8 Å². The van der Waals surface area contributed by atoms with Gasteiger partial charge in [0.1, 0.15) is 0 Å². The molecule has 2 aliphatic rings. The maximum atomic E-state index is 11.9. The molecule has 2 aliphatic heterocycles. The van der Waals surface area contributed by atoms with Crippen molar-refractivity contribution < 1.29 is 9.59 Å². The molecule has 6 heteroatoms. The van der Waals surface area contributed by atoms with Crippen molar-refractivity contribution >= 4 is 23.6 Å². The predicted molar refractivity (Wildman–Crippen MR) is 72.5 cm³/mol. The van der Waals surface area contributed by atoms with Crippen LogP contribution in [0, 0.1) is 5.92 Å². The molecule has 2 amide bonds. The Labute approximate surface area is 112 Å². The first kappa shape index (κ1) is 13.7. The molecule has 0 bridgehead atoms. The molecule has 2 N–H and O–H groups in total. The van der Waals surface area contributed by atoms with Gasteiger partial charge in [0.25, 0.3) is 0 Å². The smallest absolute Gasteiger partial charge is 0.311 e. The van der Waals surface area contributed by atoms with E-state index in [-0.39, 0.29) is 5.91 Å².